The van der Waals surface area contributed by atoms with Crippen LogP contribution < -0.4 is 17.0 Å². The zero-order chi connectivity index (χ0) is 8.74. The molecule has 0 aliphatic carbocycles. The van der Waals surface area contributed by atoms with Gasteiger partial charge in [-0.15, -0.1) is 0 Å². The van der Waals surface area contributed by atoms with E-state index in [9.17, 15) is 0 Å². The van der Waals surface area contributed by atoms with Crippen LogP contribution in [0, 0.1) is 0 Å². The number of halogens is 1. The third kappa shape index (κ3) is 4.27. The van der Waals surface area contributed by atoms with Gasteiger partial charge in [-0.05, 0) is 33.8 Å². The van der Waals surface area contributed by atoms with Gasteiger partial charge in [-0.2, -0.15) is 0 Å². The van der Waals surface area contributed by atoms with Gasteiger partial charge in [-0.3, -0.25) is 0 Å². The van der Waals surface area contributed by atoms with E-state index in [0.29, 0.717) is 0 Å². The molecule has 0 N–H and O–H groups in total. The van der Waals surface area contributed by atoms with Gasteiger partial charge >= 0.3 is 0 Å². The molecule has 0 aromatic carbocycles. The highest BCUT2D eigenvalue weighted by molar-refractivity contribution is 4.76. The average Bonchev–Trinajstić information content (AvgIpc) is 2.08. The number of allylic oxidation sites excluding steroid dienone is 1. The van der Waals surface area contributed by atoms with Crippen LogP contribution in [0.25, 0.3) is 0 Å². The maximum atomic E-state index is 2.27. The summed E-state index contributed by atoms with van der Waals surface area (Å²) in [4.78, 5) is 0. The summed E-state index contributed by atoms with van der Waals surface area (Å²) in [7, 11) is 0. The van der Waals surface area contributed by atoms with Crippen molar-refractivity contribution in [2.75, 3.05) is 26.2 Å². The summed E-state index contributed by atoms with van der Waals surface area (Å²) in [6.07, 6.45) is 4.42. The molecule has 1 nitrogen and oxygen atoms in total. The summed E-state index contributed by atoms with van der Waals surface area (Å²) in [5.41, 5.74) is 0. The molecule has 0 saturated carbocycles. The van der Waals surface area contributed by atoms with E-state index in [1.165, 1.54) is 30.7 Å². The Bertz CT molecular complexity index is 109. The van der Waals surface area contributed by atoms with Gasteiger partial charge in [0.05, 0.1) is 26.2 Å². The van der Waals surface area contributed by atoms with E-state index >= 15 is 0 Å². The predicted octanol–water partition coefficient (Wildman–Crippen LogP) is -0.557. The van der Waals surface area contributed by atoms with Crippen LogP contribution in [0.1, 0.15) is 27.7 Å². The van der Waals surface area contributed by atoms with Crippen LogP contribution in [-0.4, -0.2) is 30.7 Å². The second kappa shape index (κ2) is 7.81. The molecule has 0 bridgehead atoms. The monoisotopic (exact) mass is 235 g/mol. The molecular weight excluding hydrogens is 214 g/mol. The highest BCUT2D eigenvalue weighted by Gasteiger charge is 2.17. The van der Waals surface area contributed by atoms with Crippen LogP contribution >= 0.6 is 0 Å². The van der Waals surface area contributed by atoms with Gasteiger partial charge in [-0.1, -0.05) is 6.08 Å². The summed E-state index contributed by atoms with van der Waals surface area (Å²) >= 11 is 0. The fourth-order valence-electron chi connectivity index (χ4n) is 1.39. The van der Waals surface area contributed by atoms with E-state index in [0.717, 1.165) is 0 Å². The van der Waals surface area contributed by atoms with E-state index in [2.05, 4.69) is 39.8 Å². The fourth-order valence-corrected chi connectivity index (χ4v) is 1.39. The summed E-state index contributed by atoms with van der Waals surface area (Å²) in [6, 6.07) is 0. The van der Waals surface area contributed by atoms with Crippen LogP contribution in [0.2, 0.25) is 0 Å². The molecule has 2 heteroatoms. The zero-order valence-corrected chi connectivity index (χ0v) is 10.4. The Kier molecular flexibility index (Phi) is 9.56. The molecule has 0 amide bonds. The van der Waals surface area contributed by atoms with Gasteiger partial charge in [0.25, 0.3) is 0 Å². The lowest BCUT2D eigenvalue weighted by Gasteiger charge is -2.34. The molecule has 74 valence electrons. The number of likely N-dealkylation sites (N-methyl/N-ethyl adjacent to an activating group) is 1. The Morgan fingerprint density at radius 1 is 1.00 bits per heavy atom. The lowest BCUT2D eigenvalue weighted by atomic mass is 10.3. The Balaban J connectivity index is 0. The highest BCUT2D eigenvalue weighted by Crippen LogP contribution is 2.05. The lowest BCUT2D eigenvalue weighted by Crippen LogP contribution is -3.00. The SMILES string of the molecule is C/C=C/C[N+](CC)(CC)CC.[Br-]. The smallest absolute Gasteiger partial charge is 0.0973 e. The Labute approximate surface area is 87.8 Å². The second-order valence-corrected chi connectivity index (χ2v) is 3.04. The second-order valence-electron chi connectivity index (χ2n) is 3.04. The normalized spacial score (nSPS) is 11.7. The summed E-state index contributed by atoms with van der Waals surface area (Å²) < 4.78 is 1.23. The minimum Gasteiger partial charge on any atom is -1.00 e. The molecule has 0 fully saturated rings. The molecule has 0 spiro atoms. The molecule has 0 unspecified atom stereocenters. The maximum absolute atomic E-state index is 2.27. The summed E-state index contributed by atoms with van der Waals surface area (Å²) in [6.45, 7) is 13.9. The van der Waals surface area contributed by atoms with Gasteiger partial charge < -0.3 is 21.5 Å². The number of hydrogen-bond acceptors (Lipinski definition) is 0. The van der Waals surface area contributed by atoms with Crippen LogP contribution in [0.5, 0.6) is 0 Å². The molecule has 0 aliphatic heterocycles. The standard InChI is InChI=1S/C10H22N.BrH/c1-5-9-10-11(6-2,7-3)8-4;/h5,9H,6-8,10H2,1-4H3;1H/q+1;/p-1/b9-5+;. The molecular formula is C10H22BrN. The van der Waals surface area contributed by atoms with Crippen molar-refractivity contribution in [3.8, 4) is 0 Å². The van der Waals surface area contributed by atoms with Gasteiger partial charge in [0, 0.05) is 0 Å². The molecule has 12 heavy (non-hydrogen) atoms. The molecule has 0 radical (unpaired) electrons. The lowest BCUT2D eigenvalue weighted by molar-refractivity contribution is -0.917. The maximum Gasteiger partial charge on any atom is 0.0973 e. The number of nitrogens with zero attached hydrogens (tertiary/aromatic N) is 1. The molecule has 0 saturated heterocycles. The van der Waals surface area contributed by atoms with Crippen molar-refractivity contribution in [3.63, 3.8) is 0 Å². The minimum absolute atomic E-state index is 0. The highest BCUT2D eigenvalue weighted by atomic mass is 79.9. The predicted molar refractivity (Wildman–Crippen MR) is 51.6 cm³/mol. The Hall–Kier alpha value is 0.180. The molecule has 0 rings (SSSR count). The summed E-state index contributed by atoms with van der Waals surface area (Å²) in [5, 5.41) is 0. The van der Waals surface area contributed by atoms with E-state index < -0.39 is 0 Å². The van der Waals surface area contributed by atoms with Crippen molar-refractivity contribution in [2.45, 2.75) is 27.7 Å². The fraction of sp³-hybridized carbons (Fsp3) is 0.800. The number of quaternary nitrogens is 1. The Morgan fingerprint density at radius 3 is 1.67 bits per heavy atom. The third-order valence-electron chi connectivity index (χ3n) is 2.74. The number of hydrogen-bond donors (Lipinski definition) is 0. The van der Waals surface area contributed by atoms with Crippen molar-refractivity contribution in [1.29, 1.82) is 0 Å². The first kappa shape index (κ1) is 14.7. The van der Waals surface area contributed by atoms with Crippen molar-refractivity contribution in [2.24, 2.45) is 0 Å². The van der Waals surface area contributed by atoms with Gasteiger partial charge in [0.15, 0.2) is 0 Å². The average molecular weight is 236 g/mol. The first-order valence-electron chi connectivity index (χ1n) is 4.71. The van der Waals surface area contributed by atoms with Gasteiger partial charge in [0.1, 0.15) is 0 Å². The quantitative estimate of drug-likeness (QED) is 0.443. The van der Waals surface area contributed by atoms with Crippen molar-refractivity contribution in [3.05, 3.63) is 12.2 Å². The molecule has 0 heterocycles. The largest absolute Gasteiger partial charge is 1.00 e. The van der Waals surface area contributed by atoms with E-state index in [1.54, 1.807) is 0 Å². The van der Waals surface area contributed by atoms with E-state index in [-0.39, 0.29) is 17.0 Å². The van der Waals surface area contributed by atoms with Crippen LogP contribution in [0.4, 0.5) is 0 Å². The summed E-state index contributed by atoms with van der Waals surface area (Å²) in [5.74, 6) is 0. The molecule has 0 aromatic heterocycles. The first-order valence-corrected chi connectivity index (χ1v) is 4.71. The number of rotatable bonds is 5. The topological polar surface area (TPSA) is 0 Å². The first-order chi connectivity index (χ1) is 5.24. The minimum atomic E-state index is 0. The molecule has 0 aliphatic rings. The zero-order valence-electron chi connectivity index (χ0n) is 8.81. The van der Waals surface area contributed by atoms with Crippen molar-refractivity contribution < 1.29 is 21.5 Å². The Morgan fingerprint density at radius 2 is 1.42 bits per heavy atom. The van der Waals surface area contributed by atoms with Gasteiger partial charge in [0.2, 0.25) is 0 Å². The van der Waals surface area contributed by atoms with Crippen molar-refractivity contribution in [1.82, 2.24) is 0 Å². The van der Waals surface area contributed by atoms with Crippen molar-refractivity contribution >= 4 is 0 Å². The van der Waals surface area contributed by atoms with E-state index in [1.807, 2.05) is 0 Å². The van der Waals surface area contributed by atoms with Gasteiger partial charge in [-0.25, -0.2) is 0 Å². The van der Waals surface area contributed by atoms with Crippen LogP contribution in [0.3, 0.4) is 0 Å². The van der Waals surface area contributed by atoms with Crippen LogP contribution in [0.15, 0.2) is 12.2 Å². The molecule has 0 aromatic rings. The van der Waals surface area contributed by atoms with E-state index in [4.69, 9.17) is 0 Å². The van der Waals surface area contributed by atoms with Crippen LogP contribution in [-0.2, 0) is 0 Å². The molecule has 0 atom stereocenters. The third-order valence-corrected chi connectivity index (χ3v) is 2.74.